The smallest absolute Gasteiger partial charge is 0.410 e. The molecule has 0 spiro atoms. The van der Waals surface area contributed by atoms with Gasteiger partial charge in [-0.2, -0.15) is 0 Å². The van der Waals surface area contributed by atoms with Gasteiger partial charge in [0.25, 0.3) is 5.69 Å². The molecule has 0 bridgehead atoms. The maximum absolute atomic E-state index is 12.1. The average molecular weight is 337 g/mol. The maximum Gasteiger partial charge on any atom is 0.410 e. The molecule has 0 aliphatic heterocycles. The molecule has 0 heterocycles. The van der Waals surface area contributed by atoms with E-state index in [1.807, 2.05) is 0 Å². The number of hydrogen-bond donors (Lipinski definition) is 1. The molecule has 8 heteroatoms. The lowest BCUT2D eigenvalue weighted by Gasteiger charge is -2.28. The molecule has 0 radical (unpaired) electrons. The Morgan fingerprint density at radius 3 is 2.29 bits per heavy atom. The summed E-state index contributed by atoms with van der Waals surface area (Å²) in [6, 6.07) is 5.18. The van der Waals surface area contributed by atoms with Crippen LogP contribution in [0.5, 0.6) is 0 Å². The van der Waals surface area contributed by atoms with E-state index in [0.717, 1.165) is 5.56 Å². The minimum absolute atomic E-state index is 0.0110. The highest BCUT2D eigenvalue weighted by molar-refractivity contribution is 5.85. The summed E-state index contributed by atoms with van der Waals surface area (Å²) in [5.41, 5.74) is 0.0736. The van der Waals surface area contributed by atoms with Crippen LogP contribution in [0.25, 0.3) is 0 Å². The van der Waals surface area contributed by atoms with Gasteiger partial charge in [0.05, 0.1) is 4.92 Å². The van der Waals surface area contributed by atoms with Crippen LogP contribution in [0.3, 0.4) is 0 Å². The minimum atomic E-state index is -0.710. The third-order valence-electron chi connectivity index (χ3n) is 3.26. The molecule has 8 nitrogen and oxygen atoms in total. The van der Waals surface area contributed by atoms with Gasteiger partial charge in [-0.05, 0) is 33.3 Å². The first-order chi connectivity index (χ1) is 11.0. The van der Waals surface area contributed by atoms with Gasteiger partial charge in [-0.3, -0.25) is 19.8 Å². The van der Waals surface area contributed by atoms with Gasteiger partial charge in [0.1, 0.15) is 11.6 Å². The van der Waals surface area contributed by atoms with Crippen LogP contribution in [0.2, 0.25) is 0 Å². The summed E-state index contributed by atoms with van der Waals surface area (Å²) in [5, 5.41) is 13.3. The van der Waals surface area contributed by atoms with Crippen LogP contribution in [-0.4, -0.2) is 40.5 Å². The fraction of sp³-hybridized carbons (Fsp3) is 0.500. The van der Waals surface area contributed by atoms with Crippen LogP contribution in [0, 0.1) is 10.1 Å². The summed E-state index contributed by atoms with van der Waals surface area (Å²) >= 11 is 0. The number of nitro benzene ring substituents is 1. The molecule has 0 fully saturated rings. The third-order valence-corrected chi connectivity index (χ3v) is 3.26. The summed E-state index contributed by atoms with van der Waals surface area (Å²) < 4.78 is 5.21. The van der Waals surface area contributed by atoms with E-state index in [4.69, 9.17) is 4.74 Å². The van der Waals surface area contributed by atoms with Crippen molar-refractivity contribution in [2.75, 3.05) is 7.05 Å². The number of carbonyl (C=O) groups excluding carboxylic acids is 2. The Labute approximate surface area is 140 Å². The lowest BCUT2D eigenvalue weighted by Crippen LogP contribution is -2.47. The van der Waals surface area contributed by atoms with Crippen molar-refractivity contribution in [3.8, 4) is 0 Å². The van der Waals surface area contributed by atoms with Gasteiger partial charge in [-0.25, -0.2) is 4.79 Å². The molecule has 0 saturated heterocycles. The Balaban J connectivity index is 2.57. The first kappa shape index (κ1) is 19.4. The number of nitrogens with one attached hydrogen (secondary N) is 1. The quantitative estimate of drug-likeness (QED) is 0.657. The fourth-order valence-corrected chi connectivity index (χ4v) is 1.74. The zero-order valence-corrected chi connectivity index (χ0v) is 14.5. The van der Waals surface area contributed by atoms with Gasteiger partial charge in [-0.1, -0.05) is 12.1 Å². The summed E-state index contributed by atoms with van der Waals surface area (Å²) in [5.74, 6) is -0.346. The SMILES string of the molecule is C[C@@H](C(=O)NCc1ccc([N+](=O)[O-])cc1)N(C)C(=O)OC(C)(C)C. The van der Waals surface area contributed by atoms with Crippen molar-refractivity contribution >= 4 is 17.7 Å². The number of nitro groups is 1. The minimum Gasteiger partial charge on any atom is -0.444 e. The number of carbonyl (C=O) groups is 2. The van der Waals surface area contributed by atoms with Gasteiger partial charge in [0.2, 0.25) is 5.91 Å². The molecular formula is C16H23N3O5. The Bertz CT molecular complexity index is 607. The molecule has 1 aromatic carbocycles. The number of likely N-dealkylation sites (N-methyl/N-ethyl adjacent to an activating group) is 1. The Kier molecular flexibility index (Phi) is 6.27. The molecule has 0 aromatic heterocycles. The van der Waals surface area contributed by atoms with E-state index in [9.17, 15) is 19.7 Å². The standard InChI is InChI=1S/C16H23N3O5/c1-11(18(5)15(21)24-16(2,3)4)14(20)17-10-12-6-8-13(9-7-12)19(22)23/h6-9,11H,10H2,1-5H3,(H,17,20)/t11-/m0/s1. The van der Waals surface area contributed by atoms with E-state index in [2.05, 4.69) is 5.32 Å². The number of amides is 2. The second-order valence-corrected chi connectivity index (χ2v) is 6.41. The van der Waals surface area contributed by atoms with Gasteiger partial charge >= 0.3 is 6.09 Å². The summed E-state index contributed by atoms with van der Waals surface area (Å²) in [6.45, 7) is 7.05. The van der Waals surface area contributed by atoms with Crippen LogP contribution in [0.15, 0.2) is 24.3 Å². The molecule has 0 unspecified atom stereocenters. The van der Waals surface area contributed by atoms with Crippen LogP contribution in [-0.2, 0) is 16.1 Å². The predicted molar refractivity (Wildman–Crippen MR) is 88.4 cm³/mol. The normalized spacial score (nSPS) is 12.2. The first-order valence-electron chi connectivity index (χ1n) is 7.48. The molecule has 1 atom stereocenters. The van der Waals surface area contributed by atoms with Crippen molar-refractivity contribution in [2.45, 2.75) is 45.9 Å². The number of nitrogens with zero attached hydrogens (tertiary/aromatic N) is 2. The number of non-ortho nitro benzene ring substituents is 1. The van der Waals surface area contributed by atoms with Crippen LogP contribution >= 0.6 is 0 Å². The summed E-state index contributed by atoms with van der Waals surface area (Å²) in [7, 11) is 1.49. The molecule has 0 aliphatic carbocycles. The topological polar surface area (TPSA) is 102 Å². The molecule has 0 saturated carbocycles. The lowest BCUT2D eigenvalue weighted by atomic mass is 10.2. The number of hydrogen-bond acceptors (Lipinski definition) is 5. The van der Waals surface area contributed by atoms with Gasteiger partial charge in [0, 0.05) is 25.7 Å². The monoisotopic (exact) mass is 337 g/mol. The van der Waals surface area contributed by atoms with Crippen molar-refractivity contribution < 1.29 is 19.2 Å². The number of benzene rings is 1. The van der Waals surface area contributed by atoms with E-state index in [0.29, 0.717) is 0 Å². The zero-order chi connectivity index (χ0) is 18.5. The highest BCUT2D eigenvalue weighted by Crippen LogP contribution is 2.13. The van der Waals surface area contributed by atoms with Gasteiger partial charge in [-0.15, -0.1) is 0 Å². The number of ether oxygens (including phenoxy) is 1. The van der Waals surface area contributed by atoms with E-state index in [-0.39, 0.29) is 18.1 Å². The Morgan fingerprint density at radius 1 is 1.29 bits per heavy atom. The first-order valence-corrected chi connectivity index (χ1v) is 7.48. The van der Waals surface area contributed by atoms with Crippen molar-refractivity contribution in [3.05, 3.63) is 39.9 Å². The second-order valence-electron chi connectivity index (χ2n) is 6.41. The molecule has 1 N–H and O–H groups in total. The molecule has 132 valence electrons. The number of rotatable bonds is 5. The van der Waals surface area contributed by atoms with Crippen molar-refractivity contribution in [2.24, 2.45) is 0 Å². The largest absolute Gasteiger partial charge is 0.444 e. The molecule has 1 rings (SSSR count). The van der Waals surface area contributed by atoms with Crippen LogP contribution in [0.4, 0.5) is 10.5 Å². The highest BCUT2D eigenvalue weighted by atomic mass is 16.6. The van der Waals surface area contributed by atoms with Crippen molar-refractivity contribution in [1.82, 2.24) is 10.2 Å². The van der Waals surface area contributed by atoms with Crippen molar-refractivity contribution in [3.63, 3.8) is 0 Å². The summed E-state index contributed by atoms with van der Waals surface area (Å²) in [6.07, 6.45) is -0.583. The van der Waals surface area contributed by atoms with Crippen molar-refractivity contribution in [1.29, 1.82) is 0 Å². The van der Waals surface area contributed by atoms with E-state index < -0.39 is 22.7 Å². The van der Waals surface area contributed by atoms with E-state index in [1.165, 1.54) is 24.1 Å². The second kappa shape index (κ2) is 7.76. The maximum atomic E-state index is 12.1. The van der Waals surface area contributed by atoms with E-state index in [1.54, 1.807) is 39.8 Å². The molecule has 1 aromatic rings. The zero-order valence-electron chi connectivity index (χ0n) is 14.5. The molecule has 24 heavy (non-hydrogen) atoms. The fourth-order valence-electron chi connectivity index (χ4n) is 1.74. The molecule has 0 aliphatic rings. The highest BCUT2D eigenvalue weighted by Gasteiger charge is 2.26. The van der Waals surface area contributed by atoms with Crippen LogP contribution in [0.1, 0.15) is 33.3 Å². The summed E-state index contributed by atoms with van der Waals surface area (Å²) in [4.78, 5) is 35.4. The Morgan fingerprint density at radius 2 is 1.83 bits per heavy atom. The molecular weight excluding hydrogens is 314 g/mol. The van der Waals surface area contributed by atoms with Gasteiger partial charge < -0.3 is 10.1 Å². The lowest BCUT2D eigenvalue weighted by molar-refractivity contribution is -0.384. The molecule has 2 amide bonds. The van der Waals surface area contributed by atoms with E-state index >= 15 is 0 Å². The Hall–Kier alpha value is -2.64. The third kappa shape index (κ3) is 5.86. The predicted octanol–water partition coefficient (Wildman–Crippen LogP) is 2.47. The van der Waals surface area contributed by atoms with Crippen LogP contribution < -0.4 is 5.32 Å². The average Bonchev–Trinajstić information content (AvgIpc) is 2.49. The van der Waals surface area contributed by atoms with Gasteiger partial charge in [0.15, 0.2) is 0 Å².